The molecule has 2 fully saturated rings. The average Bonchev–Trinajstić information content (AvgIpc) is 2.88. The highest BCUT2D eigenvalue weighted by Crippen LogP contribution is 2.71. The molecule has 2 bridgehead atoms. The van der Waals surface area contributed by atoms with Crippen LogP contribution in [0, 0.1) is 16.2 Å². The lowest BCUT2D eigenvalue weighted by Gasteiger charge is -2.53. The number of rotatable bonds is 4. The van der Waals surface area contributed by atoms with Gasteiger partial charge in [0.25, 0.3) is 0 Å². The molecule has 0 spiro atoms. The molecule has 3 atom stereocenters. The van der Waals surface area contributed by atoms with E-state index in [1.807, 2.05) is 0 Å². The Morgan fingerprint density at radius 1 is 1.08 bits per heavy atom. The van der Waals surface area contributed by atoms with E-state index in [4.69, 9.17) is 0 Å². The predicted molar refractivity (Wildman–Crippen MR) is 113 cm³/mol. The van der Waals surface area contributed by atoms with Crippen LogP contribution in [0.1, 0.15) is 81.1 Å². The fourth-order valence-corrected chi connectivity index (χ4v) is 5.57. The summed E-state index contributed by atoms with van der Waals surface area (Å²) in [4.78, 5) is 0. The summed E-state index contributed by atoms with van der Waals surface area (Å²) in [5.74, 6) is 0. The van der Waals surface area contributed by atoms with Gasteiger partial charge in [-0.25, -0.2) is 0 Å². The Kier molecular flexibility index (Phi) is 5.43. The smallest absolute Gasteiger partial charge is 0.0181 e. The minimum atomic E-state index is 0.0690. The number of hydrogen-bond donors (Lipinski definition) is 0. The largest absolute Gasteiger partial charge is 0.0946 e. The highest BCUT2D eigenvalue weighted by atomic mass is 14.6. The van der Waals surface area contributed by atoms with Crippen LogP contribution in [-0.2, 0) is 0 Å². The molecule has 0 aliphatic heterocycles. The third-order valence-corrected chi connectivity index (χ3v) is 7.75. The lowest BCUT2D eigenvalue weighted by molar-refractivity contribution is 0.118. The van der Waals surface area contributed by atoms with E-state index in [-0.39, 0.29) is 10.8 Å². The Morgan fingerprint density at radius 2 is 1.72 bits per heavy atom. The van der Waals surface area contributed by atoms with Crippen molar-refractivity contribution in [3.63, 3.8) is 0 Å². The Labute approximate surface area is 156 Å². The molecule has 2 saturated carbocycles. The summed E-state index contributed by atoms with van der Waals surface area (Å²) in [6.45, 7) is 23.1. The van der Waals surface area contributed by atoms with Crippen LogP contribution in [-0.4, -0.2) is 0 Å². The minimum Gasteiger partial charge on any atom is -0.0946 e. The van der Waals surface area contributed by atoms with Crippen molar-refractivity contribution in [2.45, 2.75) is 81.1 Å². The second-order valence-corrected chi connectivity index (χ2v) is 8.97. The van der Waals surface area contributed by atoms with Crippen molar-refractivity contribution in [3.8, 4) is 0 Å². The van der Waals surface area contributed by atoms with Crippen LogP contribution in [0.3, 0.4) is 0 Å². The van der Waals surface area contributed by atoms with E-state index in [0.717, 1.165) is 6.42 Å². The van der Waals surface area contributed by atoms with E-state index in [9.17, 15) is 0 Å². The number of allylic oxidation sites excluding steroid dienone is 9. The molecule has 0 N–H and O–H groups in total. The molecule has 2 aliphatic rings. The summed E-state index contributed by atoms with van der Waals surface area (Å²) in [5, 5.41) is 0. The summed E-state index contributed by atoms with van der Waals surface area (Å²) in [5.41, 5.74) is 7.79. The van der Waals surface area contributed by atoms with Gasteiger partial charge in [0.05, 0.1) is 0 Å². The molecule has 138 valence electrons. The van der Waals surface area contributed by atoms with Crippen LogP contribution < -0.4 is 0 Å². The molecule has 0 amide bonds. The van der Waals surface area contributed by atoms with Crippen LogP contribution in [0.25, 0.3) is 0 Å². The van der Waals surface area contributed by atoms with Crippen LogP contribution >= 0.6 is 0 Å². The molecule has 0 nitrogen and oxygen atoms in total. The molecular formula is C25H38. The third kappa shape index (κ3) is 2.92. The van der Waals surface area contributed by atoms with Gasteiger partial charge in [-0.2, -0.15) is 0 Å². The van der Waals surface area contributed by atoms with Crippen molar-refractivity contribution in [3.05, 3.63) is 58.7 Å². The summed E-state index contributed by atoms with van der Waals surface area (Å²) in [7, 11) is 0. The lowest BCUT2D eigenvalue weighted by Crippen LogP contribution is -2.44. The molecule has 25 heavy (non-hydrogen) atoms. The van der Waals surface area contributed by atoms with Gasteiger partial charge in [0, 0.05) is 5.41 Å². The van der Waals surface area contributed by atoms with Crippen molar-refractivity contribution < 1.29 is 0 Å². The maximum Gasteiger partial charge on any atom is 0.0181 e. The van der Waals surface area contributed by atoms with E-state index in [0.29, 0.717) is 5.41 Å². The zero-order valence-electron chi connectivity index (χ0n) is 17.8. The van der Waals surface area contributed by atoms with Crippen LogP contribution in [0.5, 0.6) is 0 Å². The first-order valence-corrected chi connectivity index (χ1v) is 9.97. The first-order chi connectivity index (χ1) is 11.6. The second-order valence-electron chi connectivity index (χ2n) is 8.97. The second kappa shape index (κ2) is 6.78. The van der Waals surface area contributed by atoms with E-state index in [2.05, 4.69) is 86.3 Å². The van der Waals surface area contributed by atoms with Crippen molar-refractivity contribution in [1.29, 1.82) is 0 Å². The standard InChI is InChI=1S/C25H38/c1-10-19(5)25(9)20(6)22(14-13-18(4)21(11-2)12-3)23(7)15-16-24(25,8)17-23/h10-11,13-14H,6,12,15-17H2,1-5,7-9H3/b18-13+,19-10-,21-11-,22-14+/t23-,24+,25-/m1/s1. The van der Waals surface area contributed by atoms with Gasteiger partial charge in [0.15, 0.2) is 0 Å². The Hall–Kier alpha value is -1.30. The molecule has 0 saturated heterocycles. The predicted octanol–water partition coefficient (Wildman–Crippen LogP) is 7.95. The summed E-state index contributed by atoms with van der Waals surface area (Å²) < 4.78 is 0. The summed E-state index contributed by atoms with van der Waals surface area (Å²) in [6, 6.07) is 0. The van der Waals surface area contributed by atoms with E-state index in [1.165, 1.54) is 47.1 Å². The van der Waals surface area contributed by atoms with Gasteiger partial charge in [-0.3, -0.25) is 0 Å². The van der Waals surface area contributed by atoms with Crippen LogP contribution in [0.4, 0.5) is 0 Å². The van der Waals surface area contributed by atoms with Gasteiger partial charge >= 0.3 is 0 Å². The quantitative estimate of drug-likeness (QED) is 0.360. The molecule has 0 unspecified atom stereocenters. The maximum absolute atomic E-state index is 4.66. The molecule has 0 aromatic carbocycles. The monoisotopic (exact) mass is 338 g/mol. The van der Waals surface area contributed by atoms with E-state index >= 15 is 0 Å². The third-order valence-electron chi connectivity index (χ3n) is 7.75. The summed E-state index contributed by atoms with van der Waals surface area (Å²) >= 11 is 0. The highest BCUT2D eigenvalue weighted by Gasteiger charge is 2.60. The van der Waals surface area contributed by atoms with Crippen molar-refractivity contribution >= 4 is 0 Å². The lowest BCUT2D eigenvalue weighted by atomic mass is 9.50. The van der Waals surface area contributed by atoms with Gasteiger partial charge < -0.3 is 0 Å². The fraction of sp³-hybridized carbons (Fsp3) is 0.600. The van der Waals surface area contributed by atoms with Crippen LogP contribution in [0.2, 0.25) is 0 Å². The Bertz CT molecular complexity index is 681. The van der Waals surface area contributed by atoms with Gasteiger partial charge in [-0.1, -0.05) is 64.2 Å². The molecule has 0 heteroatoms. The number of hydrogen-bond acceptors (Lipinski definition) is 0. The zero-order valence-corrected chi connectivity index (χ0v) is 17.8. The van der Waals surface area contributed by atoms with Crippen LogP contribution in [0.15, 0.2) is 58.7 Å². The molecule has 0 aromatic rings. The average molecular weight is 339 g/mol. The van der Waals surface area contributed by atoms with Gasteiger partial charge in [0.1, 0.15) is 0 Å². The Morgan fingerprint density at radius 3 is 2.24 bits per heavy atom. The topological polar surface area (TPSA) is 0 Å². The SMILES string of the molecule is C=C1\C(=C/C=C(C)/C(=C\C)CC)[C@]2(C)CC[C@@](C)(C2)[C@]1(C)/C(C)=C\C. The zero-order chi connectivity index (χ0) is 19.0. The maximum atomic E-state index is 4.66. The molecule has 2 rings (SSSR count). The van der Waals surface area contributed by atoms with Gasteiger partial charge in [0.2, 0.25) is 0 Å². The normalized spacial score (nSPS) is 38.6. The van der Waals surface area contributed by atoms with Gasteiger partial charge in [-0.15, -0.1) is 0 Å². The molecule has 0 radical (unpaired) electrons. The molecular weight excluding hydrogens is 300 g/mol. The number of fused-ring (bicyclic) bond motifs is 2. The summed E-state index contributed by atoms with van der Waals surface area (Å²) in [6.07, 6.45) is 14.2. The fourth-order valence-electron chi connectivity index (χ4n) is 5.57. The highest BCUT2D eigenvalue weighted by molar-refractivity contribution is 5.52. The molecule has 0 aromatic heterocycles. The molecule has 0 heterocycles. The van der Waals surface area contributed by atoms with E-state index < -0.39 is 0 Å². The van der Waals surface area contributed by atoms with Gasteiger partial charge in [-0.05, 0) is 86.5 Å². The Balaban J connectivity index is 2.57. The van der Waals surface area contributed by atoms with Crippen molar-refractivity contribution in [2.75, 3.05) is 0 Å². The first-order valence-electron chi connectivity index (χ1n) is 9.97. The van der Waals surface area contributed by atoms with Crippen molar-refractivity contribution in [2.24, 2.45) is 16.2 Å². The van der Waals surface area contributed by atoms with E-state index in [1.54, 1.807) is 0 Å². The van der Waals surface area contributed by atoms with Crippen molar-refractivity contribution in [1.82, 2.24) is 0 Å². The minimum absolute atomic E-state index is 0.0690. The molecule has 2 aliphatic carbocycles. The first kappa shape index (κ1) is 20.0.